The molecule has 0 aliphatic carbocycles. The molecule has 2 aromatic rings. The van der Waals surface area contributed by atoms with Crippen molar-refractivity contribution in [3.8, 4) is 28.7 Å². The van der Waals surface area contributed by atoms with Gasteiger partial charge in [0.05, 0.1) is 34.7 Å². The molecule has 0 heterocycles. The molecule has 2 aromatic carbocycles. The Morgan fingerprint density at radius 2 is 1.48 bits per heavy atom. The van der Waals surface area contributed by atoms with Gasteiger partial charge in [-0.1, -0.05) is 0 Å². The maximum atomic E-state index is 12.4. The summed E-state index contributed by atoms with van der Waals surface area (Å²) in [5.74, 6) is 0.818. The number of benzene rings is 2. The first-order valence-electron chi connectivity index (χ1n) is 8.43. The van der Waals surface area contributed by atoms with E-state index >= 15 is 0 Å². The molecule has 1 amide bonds. The van der Waals surface area contributed by atoms with Crippen molar-refractivity contribution in [2.24, 2.45) is 5.10 Å². The topological polar surface area (TPSA) is 105 Å². The molecule has 154 valence electrons. The Bertz CT molecular complexity index is 900. The number of carbonyl (C=O) groups is 2. The zero-order chi connectivity index (χ0) is 21.4. The van der Waals surface area contributed by atoms with Gasteiger partial charge in [-0.25, -0.2) is 5.43 Å². The van der Waals surface area contributed by atoms with Crippen LogP contribution in [0.5, 0.6) is 28.7 Å². The molecule has 9 nitrogen and oxygen atoms in total. The van der Waals surface area contributed by atoms with Crippen LogP contribution in [-0.4, -0.2) is 46.5 Å². The van der Waals surface area contributed by atoms with Crippen molar-refractivity contribution < 1.29 is 33.3 Å². The SMILES string of the molecule is COc1cc(/C=N\NC(=O)c2cc(OC)c(OC)c(OC)c2)ccc1OC(C)=O. The zero-order valence-electron chi connectivity index (χ0n) is 16.8. The van der Waals surface area contributed by atoms with E-state index < -0.39 is 11.9 Å². The number of hydrazone groups is 1. The number of nitrogens with one attached hydrogen (secondary N) is 1. The number of carbonyl (C=O) groups excluding carboxylic acids is 2. The molecule has 0 radical (unpaired) electrons. The highest BCUT2D eigenvalue weighted by Crippen LogP contribution is 2.38. The highest BCUT2D eigenvalue weighted by molar-refractivity contribution is 5.96. The molecule has 29 heavy (non-hydrogen) atoms. The number of hydrogen-bond donors (Lipinski definition) is 1. The predicted octanol–water partition coefficient (Wildman–Crippen LogP) is 2.41. The minimum absolute atomic E-state index is 0.277. The summed E-state index contributed by atoms with van der Waals surface area (Å²) >= 11 is 0. The zero-order valence-corrected chi connectivity index (χ0v) is 16.8. The molecule has 2 rings (SSSR count). The maximum Gasteiger partial charge on any atom is 0.308 e. The summed E-state index contributed by atoms with van der Waals surface area (Å²) in [6, 6.07) is 7.89. The summed E-state index contributed by atoms with van der Waals surface area (Å²) in [5.41, 5.74) is 3.33. The molecule has 1 N–H and O–H groups in total. The third kappa shape index (κ3) is 5.38. The van der Waals surface area contributed by atoms with Gasteiger partial charge in [-0.15, -0.1) is 0 Å². The minimum atomic E-state index is -0.469. The lowest BCUT2D eigenvalue weighted by molar-refractivity contribution is -0.132. The lowest BCUT2D eigenvalue weighted by Gasteiger charge is -2.13. The van der Waals surface area contributed by atoms with Crippen molar-refractivity contribution in [1.82, 2.24) is 5.43 Å². The van der Waals surface area contributed by atoms with E-state index in [1.54, 1.807) is 18.2 Å². The summed E-state index contributed by atoms with van der Waals surface area (Å²) < 4.78 is 25.9. The van der Waals surface area contributed by atoms with E-state index in [2.05, 4.69) is 10.5 Å². The van der Waals surface area contributed by atoms with Gasteiger partial charge in [0.2, 0.25) is 5.75 Å². The van der Waals surface area contributed by atoms with E-state index in [-0.39, 0.29) is 5.56 Å². The van der Waals surface area contributed by atoms with Gasteiger partial charge in [-0.3, -0.25) is 9.59 Å². The average molecular weight is 402 g/mol. The third-order valence-corrected chi connectivity index (χ3v) is 3.75. The monoisotopic (exact) mass is 402 g/mol. The Kier molecular flexibility index (Phi) is 7.41. The molecule has 0 saturated carbocycles. The number of nitrogens with zero attached hydrogens (tertiary/aromatic N) is 1. The molecule has 0 aliphatic heterocycles. The first-order valence-corrected chi connectivity index (χ1v) is 8.43. The number of amides is 1. The normalized spacial score (nSPS) is 10.4. The predicted molar refractivity (Wildman–Crippen MR) is 105 cm³/mol. The van der Waals surface area contributed by atoms with E-state index in [1.807, 2.05) is 0 Å². The van der Waals surface area contributed by atoms with Crippen LogP contribution in [0.3, 0.4) is 0 Å². The number of ether oxygens (including phenoxy) is 5. The molecule has 0 unspecified atom stereocenters. The Morgan fingerprint density at radius 3 is 2.00 bits per heavy atom. The second-order valence-electron chi connectivity index (χ2n) is 5.62. The molecule has 0 atom stereocenters. The van der Waals surface area contributed by atoms with Gasteiger partial charge in [0.25, 0.3) is 5.91 Å². The van der Waals surface area contributed by atoms with Crippen LogP contribution >= 0.6 is 0 Å². The fraction of sp³-hybridized carbons (Fsp3) is 0.250. The number of esters is 1. The first kappa shape index (κ1) is 21.5. The molecular formula is C20H22N2O7. The summed E-state index contributed by atoms with van der Waals surface area (Å²) in [6.45, 7) is 1.30. The van der Waals surface area contributed by atoms with E-state index in [9.17, 15) is 9.59 Å². The molecule has 0 saturated heterocycles. The summed E-state index contributed by atoms with van der Waals surface area (Å²) in [4.78, 5) is 23.5. The summed E-state index contributed by atoms with van der Waals surface area (Å²) in [7, 11) is 5.86. The van der Waals surface area contributed by atoms with Gasteiger partial charge >= 0.3 is 5.97 Å². The lowest BCUT2D eigenvalue weighted by atomic mass is 10.1. The standard InChI is InChI=1S/C20H22N2O7/c1-12(23)29-15-7-6-13(8-16(15)25-2)11-21-22-20(24)14-9-17(26-3)19(28-5)18(10-14)27-4/h6-11H,1-5H3,(H,22,24)/b21-11-. The fourth-order valence-electron chi connectivity index (χ4n) is 2.45. The van der Waals surface area contributed by atoms with Crippen molar-refractivity contribution in [1.29, 1.82) is 0 Å². The van der Waals surface area contributed by atoms with Crippen molar-refractivity contribution in [3.63, 3.8) is 0 Å². The summed E-state index contributed by atoms with van der Waals surface area (Å²) in [6.07, 6.45) is 1.43. The van der Waals surface area contributed by atoms with Crippen LogP contribution in [0.15, 0.2) is 35.4 Å². The van der Waals surface area contributed by atoms with Crippen LogP contribution in [0.1, 0.15) is 22.8 Å². The molecule has 0 aliphatic rings. The van der Waals surface area contributed by atoms with Gasteiger partial charge < -0.3 is 23.7 Å². The van der Waals surface area contributed by atoms with Crippen LogP contribution in [-0.2, 0) is 4.79 Å². The Morgan fingerprint density at radius 1 is 0.862 bits per heavy atom. The lowest BCUT2D eigenvalue weighted by Crippen LogP contribution is -2.18. The van der Waals surface area contributed by atoms with Crippen LogP contribution in [0.2, 0.25) is 0 Å². The van der Waals surface area contributed by atoms with Gasteiger partial charge in [0, 0.05) is 12.5 Å². The Balaban J connectivity index is 2.16. The van der Waals surface area contributed by atoms with E-state index in [1.165, 1.54) is 53.7 Å². The molecule has 9 heteroatoms. The van der Waals surface area contributed by atoms with Crippen molar-refractivity contribution in [2.75, 3.05) is 28.4 Å². The fourth-order valence-corrected chi connectivity index (χ4v) is 2.45. The van der Waals surface area contributed by atoms with Crippen LogP contribution < -0.4 is 29.1 Å². The quantitative estimate of drug-likeness (QED) is 0.313. The van der Waals surface area contributed by atoms with Gasteiger partial charge in [0.1, 0.15) is 0 Å². The number of methoxy groups -OCH3 is 4. The minimum Gasteiger partial charge on any atom is -0.493 e. The summed E-state index contributed by atoms with van der Waals surface area (Å²) in [5, 5.41) is 3.94. The van der Waals surface area contributed by atoms with Gasteiger partial charge in [0.15, 0.2) is 23.0 Å². The van der Waals surface area contributed by atoms with Crippen LogP contribution in [0, 0.1) is 0 Å². The van der Waals surface area contributed by atoms with E-state index in [0.29, 0.717) is 34.3 Å². The molecule has 0 bridgehead atoms. The second-order valence-corrected chi connectivity index (χ2v) is 5.62. The maximum absolute atomic E-state index is 12.4. The highest BCUT2D eigenvalue weighted by atomic mass is 16.6. The van der Waals surface area contributed by atoms with Crippen LogP contribution in [0.25, 0.3) is 0 Å². The van der Waals surface area contributed by atoms with Crippen molar-refractivity contribution in [3.05, 3.63) is 41.5 Å². The first-order chi connectivity index (χ1) is 13.9. The third-order valence-electron chi connectivity index (χ3n) is 3.75. The molecular weight excluding hydrogens is 380 g/mol. The smallest absolute Gasteiger partial charge is 0.308 e. The number of rotatable bonds is 8. The van der Waals surface area contributed by atoms with Crippen LogP contribution in [0.4, 0.5) is 0 Å². The molecule has 0 fully saturated rings. The second kappa shape index (κ2) is 9.98. The van der Waals surface area contributed by atoms with E-state index in [4.69, 9.17) is 23.7 Å². The van der Waals surface area contributed by atoms with Gasteiger partial charge in [-0.2, -0.15) is 5.10 Å². The Hall–Kier alpha value is -3.75. The van der Waals surface area contributed by atoms with Crippen molar-refractivity contribution in [2.45, 2.75) is 6.92 Å². The molecule has 0 spiro atoms. The largest absolute Gasteiger partial charge is 0.493 e. The van der Waals surface area contributed by atoms with Crippen molar-refractivity contribution >= 4 is 18.1 Å². The van der Waals surface area contributed by atoms with Gasteiger partial charge in [-0.05, 0) is 35.9 Å². The average Bonchev–Trinajstić information content (AvgIpc) is 2.72. The number of hydrogen-bond acceptors (Lipinski definition) is 8. The molecule has 0 aromatic heterocycles. The van der Waals surface area contributed by atoms with E-state index in [0.717, 1.165) is 0 Å². The Labute approximate surface area is 168 Å². The highest BCUT2D eigenvalue weighted by Gasteiger charge is 2.16.